The van der Waals surface area contributed by atoms with Gasteiger partial charge in [0.25, 0.3) is 5.91 Å². The van der Waals surface area contributed by atoms with E-state index in [2.05, 4.69) is 10.4 Å². The number of hydrogen-bond acceptors (Lipinski definition) is 3. The highest BCUT2D eigenvalue weighted by Gasteiger charge is 2.29. The van der Waals surface area contributed by atoms with Crippen molar-refractivity contribution in [2.75, 3.05) is 6.54 Å². The maximum atomic E-state index is 12.3. The number of hydrogen-bond donors (Lipinski definition) is 2. The molecule has 0 aromatic carbocycles. The topological polar surface area (TPSA) is 72.9 Å². The molecule has 1 fully saturated rings. The molecule has 3 N–H and O–H groups in total. The Bertz CT molecular complexity index is 452. The predicted molar refractivity (Wildman–Crippen MR) is 70.3 cm³/mol. The molecule has 1 saturated carbocycles. The molecule has 0 aliphatic heterocycles. The van der Waals surface area contributed by atoms with E-state index in [-0.39, 0.29) is 11.9 Å². The number of amides is 1. The summed E-state index contributed by atoms with van der Waals surface area (Å²) >= 11 is 0. The first-order valence-corrected chi connectivity index (χ1v) is 6.55. The number of carbonyl (C=O) groups excluding carboxylic acids is 1. The van der Waals surface area contributed by atoms with E-state index in [4.69, 9.17) is 5.73 Å². The van der Waals surface area contributed by atoms with Crippen LogP contribution in [0.3, 0.4) is 0 Å². The van der Waals surface area contributed by atoms with Gasteiger partial charge in [-0.05, 0) is 39.2 Å². The molecule has 5 heteroatoms. The van der Waals surface area contributed by atoms with E-state index in [1.54, 1.807) is 4.68 Å². The molecule has 0 bridgehead atoms. The van der Waals surface area contributed by atoms with Gasteiger partial charge in [-0.1, -0.05) is 6.42 Å². The molecule has 0 spiro atoms. The zero-order valence-corrected chi connectivity index (χ0v) is 11.4. The third-order valence-electron chi connectivity index (χ3n) is 4.01. The standard InChI is InChI=1S/C13H22N4O/c1-8-12(9(2)17(3)16-8)13(18)15-11-6-4-5-10(11)7-14/h10-11H,4-7,14H2,1-3H3,(H,15,18). The van der Waals surface area contributed by atoms with Gasteiger partial charge in [0.15, 0.2) is 0 Å². The highest BCUT2D eigenvalue weighted by molar-refractivity contribution is 5.96. The minimum Gasteiger partial charge on any atom is -0.349 e. The summed E-state index contributed by atoms with van der Waals surface area (Å²) in [5.41, 5.74) is 8.14. The molecule has 1 aromatic heterocycles. The Balaban J connectivity index is 2.12. The van der Waals surface area contributed by atoms with Gasteiger partial charge in [-0.15, -0.1) is 0 Å². The summed E-state index contributed by atoms with van der Waals surface area (Å²) in [4.78, 5) is 12.3. The van der Waals surface area contributed by atoms with Gasteiger partial charge in [0.1, 0.15) is 0 Å². The van der Waals surface area contributed by atoms with E-state index in [1.165, 1.54) is 0 Å². The van der Waals surface area contributed by atoms with Crippen LogP contribution in [-0.2, 0) is 7.05 Å². The summed E-state index contributed by atoms with van der Waals surface area (Å²) in [5.74, 6) is 0.412. The van der Waals surface area contributed by atoms with Crippen LogP contribution in [0.15, 0.2) is 0 Å². The van der Waals surface area contributed by atoms with Gasteiger partial charge in [-0.25, -0.2) is 0 Å². The fraction of sp³-hybridized carbons (Fsp3) is 0.692. The lowest BCUT2D eigenvalue weighted by Gasteiger charge is -2.19. The van der Waals surface area contributed by atoms with Crippen LogP contribution in [-0.4, -0.2) is 28.3 Å². The van der Waals surface area contributed by atoms with Crippen LogP contribution < -0.4 is 11.1 Å². The molecule has 1 heterocycles. The zero-order chi connectivity index (χ0) is 13.3. The molecule has 1 aliphatic carbocycles. The van der Waals surface area contributed by atoms with Crippen molar-refractivity contribution in [3.63, 3.8) is 0 Å². The molecule has 1 aliphatic rings. The van der Waals surface area contributed by atoms with Gasteiger partial charge in [0, 0.05) is 18.8 Å². The largest absolute Gasteiger partial charge is 0.349 e. The summed E-state index contributed by atoms with van der Waals surface area (Å²) in [6.45, 7) is 4.44. The van der Waals surface area contributed by atoms with Crippen LogP contribution in [0, 0.1) is 19.8 Å². The van der Waals surface area contributed by atoms with Crippen molar-refractivity contribution < 1.29 is 4.79 Å². The number of nitrogens with two attached hydrogens (primary N) is 1. The van der Waals surface area contributed by atoms with Crippen molar-refractivity contribution >= 4 is 5.91 Å². The fourth-order valence-corrected chi connectivity index (χ4v) is 2.85. The zero-order valence-electron chi connectivity index (χ0n) is 11.4. The molecule has 1 amide bonds. The van der Waals surface area contributed by atoms with Crippen molar-refractivity contribution in [3.8, 4) is 0 Å². The fourth-order valence-electron chi connectivity index (χ4n) is 2.85. The third-order valence-corrected chi connectivity index (χ3v) is 4.01. The van der Waals surface area contributed by atoms with Crippen molar-refractivity contribution in [3.05, 3.63) is 17.0 Å². The minimum absolute atomic E-state index is 0.0107. The lowest BCUT2D eigenvalue weighted by molar-refractivity contribution is 0.0927. The molecular weight excluding hydrogens is 228 g/mol. The van der Waals surface area contributed by atoms with Gasteiger partial charge in [-0.2, -0.15) is 5.10 Å². The summed E-state index contributed by atoms with van der Waals surface area (Å²) < 4.78 is 1.75. The van der Waals surface area contributed by atoms with Crippen molar-refractivity contribution in [2.45, 2.75) is 39.2 Å². The molecule has 5 nitrogen and oxygen atoms in total. The van der Waals surface area contributed by atoms with Crippen molar-refractivity contribution in [2.24, 2.45) is 18.7 Å². The van der Waals surface area contributed by atoms with E-state index in [0.717, 1.165) is 30.7 Å². The number of nitrogens with one attached hydrogen (secondary N) is 1. The maximum Gasteiger partial charge on any atom is 0.255 e. The molecule has 2 atom stereocenters. The third kappa shape index (κ3) is 2.27. The summed E-state index contributed by atoms with van der Waals surface area (Å²) in [6, 6.07) is 0.224. The molecule has 2 rings (SSSR count). The normalized spacial score (nSPS) is 23.3. The lowest BCUT2D eigenvalue weighted by atomic mass is 10.0. The highest BCUT2D eigenvalue weighted by Crippen LogP contribution is 2.25. The van der Waals surface area contributed by atoms with E-state index in [9.17, 15) is 4.79 Å². The smallest absolute Gasteiger partial charge is 0.255 e. The minimum atomic E-state index is -0.0107. The first kappa shape index (κ1) is 13.1. The maximum absolute atomic E-state index is 12.3. The first-order valence-electron chi connectivity index (χ1n) is 6.55. The summed E-state index contributed by atoms with van der Waals surface area (Å²) in [7, 11) is 1.86. The number of aromatic nitrogens is 2. The first-order chi connectivity index (χ1) is 8.54. The molecular formula is C13H22N4O. The van der Waals surface area contributed by atoms with Crippen LogP contribution in [0.2, 0.25) is 0 Å². The molecule has 0 saturated heterocycles. The van der Waals surface area contributed by atoms with E-state index in [1.807, 2.05) is 20.9 Å². The number of carbonyl (C=O) groups is 1. The second-order valence-corrected chi connectivity index (χ2v) is 5.18. The van der Waals surface area contributed by atoms with Gasteiger partial charge < -0.3 is 11.1 Å². The summed E-state index contributed by atoms with van der Waals surface area (Å²) in [6.07, 6.45) is 3.30. The van der Waals surface area contributed by atoms with Gasteiger partial charge in [-0.3, -0.25) is 9.48 Å². The summed E-state index contributed by atoms with van der Waals surface area (Å²) in [5, 5.41) is 7.40. The van der Waals surface area contributed by atoms with Crippen LogP contribution >= 0.6 is 0 Å². The quantitative estimate of drug-likeness (QED) is 0.837. The van der Waals surface area contributed by atoms with Crippen LogP contribution in [0.5, 0.6) is 0 Å². The Morgan fingerprint density at radius 3 is 2.78 bits per heavy atom. The highest BCUT2D eigenvalue weighted by atomic mass is 16.1. The van der Waals surface area contributed by atoms with Crippen molar-refractivity contribution in [1.82, 2.24) is 15.1 Å². The Kier molecular flexibility index (Phi) is 3.71. The predicted octanol–water partition coefficient (Wildman–Crippen LogP) is 0.894. The second-order valence-electron chi connectivity index (χ2n) is 5.18. The van der Waals surface area contributed by atoms with Gasteiger partial charge in [0.05, 0.1) is 11.3 Å². The Labute approximate surface area is 108 Å². The van der Waals surface area contributed by atoms with Crippen LogP contribution in [0.1, 0.15) is 41.0 Å². The number of rotatable bonds is 3. The molecule has 18 heavy (non-hydrogen) atoms. The monoisotopic (exact) mass is 250 g/mol. The Hall–Kier alpha value is -1.36. The van der Waals surface area contributed by atoms with Gasteiger partial charge in [0.2, 0.25) is 0 Å². The molecule has 100 valence electrons. The van der Waals surface area contributed by atoms with Crippen molar-refractivity contribution in [1.29, 1.82) is 0 Å². The van der Waals surface area contributed by atoms with E-state index >= 15 is 0 Å². The molecule has 2 unspecified atom stereocenters. The lowest BCUT2D eigenvalue weighted by Crippen LogP contribution is -2.40. The SMILES string of the molecule is Cc1nn(C)c(C)c1C(=O)NC1CCCC1CN. The van der Waals surface area contributed by atoms with Gasteiger partial charge >= 0.3 is 0 Å². The Morgan fingerprint density at radius 1 is 1.50 bits per heavy atom. The van der Waals surface area contributed by atoms with Crippen LogP contribution in [0.25, 0.3) is 0 Å². The van der Waals surface area contributed by atoms with Crippen LogP contribution in [0.4, 0.5) is 0 Å². The molecule has 0 radical (unpaired) electrons. The van der Waals surface area contributed by atoms with E-state index in [0.29, 0.717) is 18.0 Å². The Morgan fingerprint density at radius 2 is 2.22 bits per heavy atom. The average Bonchev–Trinajstić information content (AvgIpc) is 2.85. The molecule has 1 aromatic rings. The second kappa shape index (κ2) is 5.10. The average molecular weight is 250 g/mol. The number of nitrogens with zero attached hydrogens (tertiary/aromatic N) is 2. The van der Waals surface area contributed by atoms with E-state index < -0.39 is 0 Å². The number of aryl methyl sites for hydroxylation is 2.